The van der Waals surface area contributed by atoms with Crippen molar-refractivity contribution in [2.75, 3.05) is 13.7 Å². The van der Waals surface area contributed by atoms with Crippen molar-refractivity contribution in [1.82, 2.24) is 4.57 Å². The minimum Gasteiger partial charge on any atom is -0.383 e. The smallest absolute Gasteiger partial charge is 0.250 e. The van der Waals surface area contributed by atoms with E-state index in [0.29, 0.717) is 29.1 Å². The van der Waals surface area contributed by atoms with Gasteiger partial charge >= 0.3 is 0 Å². The molecule has 0 bridgehead atoms. The summed E-state index contributed by atoms with van der Waals surface area (Å²) in [6.45, 7) is 4.07. The lowest BCUT2D eigenvalue weighted by Gasteiger charge is -2.19. The molecule has 0 spiro atoms. The van der Waals surface area contributed by atoms with Crippen LogP contribution in [0.5, 0.6) is 0 Å². The number of nitrogens with zero attached hydrogens (tertiary/aromatic N) is 1. The van der Waals surface area contributed by atoms with Crippen LogP contribution in [0.25, 0.3) is 11.3 Å². The van der Waals surface area contributed by atoms with Crippen molar-refractivity contribution in [2.45, 2.75) is 19.9 Å². The van der Waals surface area contributed by atoms with Crippen LogP contribution >= 0.6 is 0 Å². The SMILES string of the molecule is COCC(C)n1c(-c2ccc(F)c(F)c2)cc(C(N)=O)c1C. The van der Waals surface area contributed by atoms with Gasteiger partial charge in [-0.2, -0.15) is 0 Å². The number of ether oxygens (including phenoxy) is 1. The third-order valence-corrected chi connectivity index (χ3v) is 3.62. The summed E-state index contributed by atoms with van der Waals surface area (Å²) >= 11 is 0. The number of methoxy groups -OCH3 is 1. The maximum absolute atomic E-state index is 13.5. The van der Waals surface area contributed by atoms with Gasteiger partial charge in [-0.15, -0.1) is 0 Å². The Hall–Kier alpha value is -2.21. The minimum atomic E-state index is -0.942. The predicted octanol–water partition coefficient (Wildman–Crippen LogP) is 3.05. The van der Waals surface area contributed by atoms with Gasteiger partial charge in [0.05, 0.1) is 18.2 Å². The van der Waals surface area contributed by atoms with Crippen LogP contribution in [0.2, 0.25) is 0 Å². The number of rotatable bonds is 5. The Morgan fingerprint density at radius 3 is 2.55 bits per heavy atom. The maximum Gasteiger partial charge on any atom is 0.250 e. The van der Waals surface area contributed by atoms with Crippen molar-refractivity contribution in [3.8, 4) is 11.3 Å². The van der Waals surface area contributed by atoms with E-state index in [2.05, 4.69) is 0 Å². The number of hydrogen-bond acceptors (Lipinski definition) is 2. The first kappa shape index (κ1) is 16.2. The van der Waals surface area contributed by atoms with Crippen LogP contribution in [0.3, 0.4) is 0 Å². The van der Waals surface area contributed by atoms with E-state index in [0.717, 1.165) is 12.1 Å². The lowest BCUT2D eigenvalue weighted by molar-refractivity contribution is 0.0999. The van der Waals surface area contributed by atoms with E-state index >= 15 is 0 Å². The molecule has 0 aliphatic heterocycles. The molecule has 1 heterocycles. The predicted molar refractivity (Wildman–Crippen MR) is 79.6 cm³/mol. The van der Waals surface area contributed by atoms with Gasteiger partial charge in [-0.25, -0.2) is 8.78 Å². The van der Waals surface area contributed by atoms with Crippen molar-refractivity contribution in [1.29, 1.82) is 0 Å². The first-order chi connectivity index (χ1) is 10.4. The topological polar surface area (TPSA) is 57.2 Å². The van der Waals surface area contributed by atoms with Crippen molar-refractivity contribution >= 4 is 5.91 Å². The summed E-state index contributed by atoms with van der Waals surface area (Å²) in [7, 11) is 1.57. The van der Waals surface area contributed by atoms with Gasteiger partial charge in [0.15, 0.2) is 11.6 Å². The van der Waals surface area contributed by atoms with Crippen LogP contribution in [0, 0.1) is 18.6 Å². The molecular formula is C16H18F2N2O2. The molecule has 0 saturated carbocycles. The molecule has 2 rings (SSSR count). The molecule has 1 amide bonds. The fourth-order valence-electron chi connectivity index (χ4n) is 2.63. The Balaban J connectivity index is 2.65. The first-order valence-corrected chi connectivity index (χ1v) is 6.82. The van der Waals surface area contributed by atoms with E-state index < -0.39 is 17.5 Å². The van der Waals surface area contributed by atoms with Crippen LogP contribution < -0.4 is 5.73 Å². The van der Waals surface area contributed by atoms with Crippen LogP contribution in [-0.2, 0) is 4.74 Å². The number of halogens is 2. The molecule has 0 radical (unpaired) electrons. The van der Waals surface area contributed by atoms with Crippen LogP contribution in [0.15, 0.2) is 24.3 Å². The molecule has 1 atom stereocenters. The van der Waals surface area contributed by atoms with Crippen LogP contribution in [-0.4, -0.2) is 24.2 Å². The van der Waals surface area contributed by atoms with E-state index in [1.165, 1.54) is 6.07 Å². The Labute approximate surface area is 127 Å². The van der Waals surface area contributed by atoms with Gasteiger partial charge in [0.2, 0.25) is 0 Å². The highest BCUT2D eigenvalue weighted by Crippen LogP contribution is 2.30. The highest BCUT2D eigenvalue weighted by molar-refractivity contribution is 5.95. The number of carbonyl (C=O) groups is 1. The second-order valence-electron chi connectivity index (χ2n) is 5.20. The Morgan fingerprint density at radius 1 is 1.32 bits per heavy atom. The quantitative estimate of drug-likeness (QED) is 0.923. The van der Waals surface area contributed by atoms with Gasteiger partial charge in [0.1, 0.15) is 0 Å². The second-order valence-corrected chi connectivity index (χ2v) is 5.20. The molecule has 0 saturated heterocycles. The number of aromatic nitrogens is 1. The number of hydrogen-bond donors (Lipinski definition) is 1. The molecule has 0 aliphatic carbocycles. The molecular weight excluding hydrogens is 290 g/mol. The number of primary amides is 1. The van der Waals surface area contributed by atoms with Gasteiger partial charge in [-0.3, -0.25) is 4.79 Å². The molecule has 22 heavy (non-hydrogen) atoms. The van der Waals surface area contributed by atoms with Gasteiger partial charge in [-0.05, 0) is 38.1 Å². The second kappa shape index (κ2) is 6.27. The largest absolute Gasteiger partial charge is 0.383 e. The summed E-state index contributed by atoms with van der Waals surface area (Å²) in [6, 6.07) is 5.12. The number of nitrogens with two attached hydrogens (primary N) is 1. The third-order valence-electron chi connectivity index (χ3n) is 3.62. The van der Waals surface area contributed by atoms with Crippen molar-refractivity contribution < 1.29 is 18.3 Å². The highest BCUT2D eigenvalue weighted by Gasteiger charge is 2.20. The molecule has 6 heteroatoms. The average molecular weight is 308 g/mol. The van der Waals surface area contributed by atoms with Gasteiger partial charge in [-0.1, -0.05) is 0 Å². The fraction of sp³-hybridized carbons (Fsp3) is 0.312. The highest BCUT2D eigenvalue weighted by atomic mass is 19.2. The number of carbonyl (C=O) groups excluding carboxylic acids is 1. The molecule has 0 fully saturated rings. The molecule has 1 aromatic heterocycles. The summed E-state index contributed by atoms with van der Waals surface area (Å²) in [5.41, 5.74) is 7.46. The van der Waals surface area contributed by atoms with Gasteiger partial charge in [0.25, 0.3) is 5.91 Å². The monoisotopic (exact) mass is 308 g/mol. The van der Waals surface area contributed by atoms with E-state index in [-0.39, 0.29) is 6.04 Å². The Morgan fingerprint density at radius 2 is 2.00 bits per heavy atom. The third kappa shape index (κ3) is 2.87. The zero-order valence-electron chi connectivity index (χ0n) is 12.7. The first-order valence-electron chi connectivity index (χ1n) is 6.82. The fourth-order valence-corrected chi connectivity index (χ4v) is 2.63. The van der Waals surface area contributed by atoms with E-state index in [1.807, 2.05) is 11.5 Å². The molecule has 1 aromatic carbocycles. The molecule has 0 aliphatic rings. The summed E-state index contributed by atoms with van der Waals surface area (Å²) in [4.78, 5) is 11.6. The normalized spacial score (nSPS) is 12.4. The molecule has 2 N–H and O–H groups in total. The molecule has 118 valence electrons. The summed E-state index contributed by atoms with van der Waals surface area (Å²) in [5, 5.41) is 0. The van der Waals surface area contributed by atoms with Gasteiger partial charge in [0, 0.05) is 24.1 Å². The molecule has 4 nitrogen and oxygen atoms in total. The maximum atomic E-state index is 13.5. The number of amides is 1. The van der Waals surface area contributed by atoms with Crippen molar-refractivity contribution in [2.24, 2.45) is 5.73 Å². The number of benzene rings is 1. The zero-order chi connectivity index (χ0) is 16.4. The average Bonchev–Trinajstić information content (AvgIpc) is 2.80. The lowest BCUT2D eigenvalue weighted by Crippen LogP contribution is -2.16. The van der Waals surface area contributed by atoms with Gasteiger partial charge < -0.3 is 15.0 Å². The van der Waals surface area contributed by atoms with E-state index in [9.17, 15) is 13.6 Å². The van der Waals surface area contributed by atoms with Crippen molar-refractivity contribution in [3.63, 3.8) is 0 Å². The Bertz CT molecular complexity index is 710. The summed E-state index contributed by atoms with van der Waals surface area (Å²) in [5.74, 6) is -2.42. The standard InChI is InChI=1S/C16H18F2N2O2/c1-9(8-22-3)20-10(2)12(16(19)21)7-15(20)11-4-5-13(17)14(18)6-11/h4-7,9H,8H2,1-3H3,(H2,19,21). The zero-order valence-corrected chi connectivity index (χ0v) is 12.7. The summed E-state index contributed by atoms with van der Waals surface area (Å²) in [6.07, 6.45) is 0. The molecule has 1 unspecified atom stereocenters. The van der Waals surface area contributed by atoms with Crippen molar-refractivity contribution in [3.05, 3.63) is 47.2 Å². The van der Waals surface area contributed by atoms with E-state index in [1.54, 1.807) is 20.1 Å². The Kier molecular flexibility index (Phi) is 4.61. The minimum absolute atomic E-state index is 0.0961. The molecule has 2 aromatic rings. The van der Waals surface area contributed by atoms with Crippen LogP contribution in [0.4, 0.5) is 8.78 Å². The lowest BCUT2D eigenvalue weighted by atomic mass is 10.1. The summed E-state index contributed by atoms with van der Waals surface area (Å²) < 4.78 is 33.6. The van der Waals surface area contributed by atoms with Crippen LogP contribution in [0.1, 0.15) is 29.0 Å². The van der Waals surface area contributed by atoms with E-state index in [4.69, 9.17) is 10.5 Å².